The van der Waals surface area contributed by atoms with E-state index in [-0.39, 0.29) is 0 Å². The molecule has 1 rings (SSSR count). The average Bonchev–Trinajstić information content (AvgIpc) is 1.86. The van der Waals surface area contributed by atoms with Crippen molar-refractivity contribution in [3.05, 3.63) is 23.7 Å². The second-order valence-electron chi connectivity index (χ2n) is 1.47. The van der Waals surface area contributed by atoms with E-state index in [4.69, 9.17) is 0 Å². The van der Waals surface area contributed by atoms with Gasteiger partial charge >= 0.3 is 0 Å². The standard InChI is InChI=1S/C5H6B/c6-5-3-1-2-4-5/h1,3H,2,6H2. The SMILES string of the molecule is BC1=[C]CC=C1. The van der Waals surface area contributed by atoms with E-state index in [1.54, 1.807) is 0 Å². The highest BCUT2D eigenvalue weighted by Crippen LogP contribution is 2.00. The van der Waals surface area contributed by atoms with Crippen LogP contribution in [0.3, 0.4) is 0 Å². The lowest BCUT2D eigenvalue weighted by Crippen LogP contribution is -1.64. The largest absolute Gasteiger partial charge is 0.139 e. The fraction of sp³-hybridized carbons (Fsp3) is 0.200. The predicted molar refractivity (Wildman–Crippen MR) is 29.1 cm³/mol. The Morgan fingerprint density at radius 3 is 2.83 bits per heavy atom. The molecule has 0 spiro atoms. The first-order valence-electron chi connectivity index (χ1n) is 2.13. The molecule has 0 nitrogen and oxygen atoms in total. The molecule has 0 aliphatic heterocycles. The fourth-order valence-electron chi connectivity index (χ4n) is 0.515. The summed E-state index contributed by atoms with van der Waals surface area (Å²) < 4.78 is 0. The molecule has 6 heavy (non-hydrogen) atoms. The molecule has 0 aromatic heterocycles. The van der Waals surface area contributed by atoms with Gasteiger partial charge in [-0.1, -0.05) is 17.6 Å². The van der Waals surface area contributed by atoms with Crippen LogP contribution in [-0.2, 0) is 0 Å². The van der Waals surface area contributed by atoms with Gasteiger partial charge in [-0.3, -0.25) is 0 Å². The maximum atomic E-state index is 3.12. The van der Waals surface area contributed by atoms with Gasteiger partial charge in [-0.05, 0) is 12.5 Å². The first kappa shape index (κ1) is 3.73. The van der Waals surface area contributed by atoms with Crippen LogP contribution in [0.1, 0.15) is 6.42 Å². The van der Waals surface area contributed by atoms with Crippen molar-refractivity contribution < 1.29 is 0 Å². The summed E-state index contributed by atoms with van der Waals surface area (Å²) in [6, 6.07) is 0. The summed E-state index contributed by atoms with van der Waals surface area (Å²) in [5, 5.41) is 0. The number of hydrogen-bond acceptors (Lipinski definition) is 0. The van der Waals surface area contributed by atoms with E-state index in [1.807, 2.05) is 0 Å². The van der Waals surface area contributed by atoms with Gasteiger partial charge in [0.25, 0.3) is 0 Å². The summed E-state index contributed by atoms with van der Waals surface area (Å²) in [4.78, 5) is 0. The quantitative estimate of drug-likeness (QED) is 0.364. The van der Waals surface area contributed by atoms with Crippen molar-refractivity contribution in [2.75, 3.05) is 0 Å². The van der Waals surface area contributed by atoms with Crippen molar-refractivity contribution in [3.8, 4) is 0 Å². The van der Waals surface area contributed by atoms with Gasteiger partial charge in [-0.15, -0.1) is 0 Å². The maximum absolute atomic E-state index is 3.12. The Hall–Kier alpha value is -0.455. The fourth-order valence-corrected chi connectivity index (χ4v) is 0.515. The van der Waals surface area contributed by atoms with Crippen molar-refractivity contribution in [2.45, 2.75) is 6.42 Å². The zero-order valence-electron chi connectivity index (χ0n) is 3.86. The molecule has 0 heterocycles. The molecular formula is C5H6B. The molecule has 0 aromatic rings. The summed E-state index contributed by atoms with van der Waals surface area (Å²) in [6.45, 7) is 0. The van der Waals surface area contributed by atoms with E-state index < -0.39 is 0 Å². The second-order valence-corrected chi connectivity index (χ2v) is 1.47. The molecule has 0 amide bonds. The second kappa shape index (κ2) is 1.33. The summed E-state index contributed by atoms with van der Waals surface area (Å²) >= 11 is 0. The van der Waals surface area contributed by atoms with Gasteiger partial charge in [0.2, 0.25) is 0 Å². The Morgan fingerprint density at radius 1 is 1.83 bits per heavy atom. The molecule has 0 bridgehead atoms. The summed E-state index contributed by atoms with van der Waals surface area (Å²) in [5.74, 6) is 0. The lowest BCUT2D eigenvalue weighted by Gasteiger charge is -1.71. The third-order valence-electron chi connectivity index (χ3n) is 0.867. The van der Waals surface area contributed by atoms with E-state index >= 15 is 0 Å². The topological polar surface area (TPSA) is 0 Å². The van der Waals surface area contributed by atoms with Gasteiger partial charge in [-0.25, -0.2) is 0 Å². The summed E-state index contributed by atoms with van der Waals surface area (Å²) in [7, 11) is 2.06. The molecule has 0 aromatic carbocycles. The zero-order valence-corrected chi connectivity index (χ0v) is 3.86. The van der Waals surface area contributed by atoms with Crippen LogP contribution in [0, 0.1) is 6.08 Å². The average molecular weight is 76.9 g/mol. The smallest absolute Gasteiger partial charge is 0.0856 e. The van der Waals surface area contributed by atoms with Crippen LogP contribution < -0.4 is 0 Å². The van der Waals surface area contributed by atoms with Crippen molar-refractivity contribution in [1.82, 2.24) is 0 Å². The van der Waals surface area contributed by atoms with Gasteiger partial charge < -0.3 is 0 Å². The first-order chi connectivity index (χ1) is 2.89. The highest BCUT2D eigenvalue weighted by atomic mass is 13.9. The lowest BCUT2D eigenvalue weighted by atomic mass is 9.98. The van der Waals surface area contributed by atoms with Crippen LogP contribution in [0.25, 0.3) is 0 Å². The van der Waals surface area contributed by atoms with Gasteiger partial charge in [0, 0.05) is 0 Å². The molecule has 0 atom stereocenters. The molecule has 0 saturated heterocycles. The number of hydrogen-bond donors (Lipinski definition) is 0. The molecule has 0 unspecified atom stereocenters. The van der Waals surface area contributed by atoms with E-state index in [1.165, 1.54) is 5.47 Å². The van der Waals surface area contributed by atoms with E-state index in [9.17, 15) is 0 Å². The van der Waals surface area contributed by atoms with E-state index in [0.29, 0.717) is 0 Å². The Morgan fingerprint density at radius 2 is 2.67 bits per heavy atom. The molecule has 1 aliphatic carbocycles. The maximum Gasteiger partial charge on any atom is 0.139 e. The highest BCUT2D eigenvalue weighted by Gasteiger charge is 1.85. The molecule has 1 heteroatoms. The summed E-state index contributed by atoms with van der Waals surface area (Å²) in [6.07, 6.45) is 8.33. The van der Waals surface area contributed by atoms with Gasteiger partial charge in [0.05, 0.1) is 0 Å². The number of allylic oxidation sites excluding steroid dienone is 4. The predicted octanol–water partition coefficient (Wildman–Crippen LogP) is 0.266. The van der Waals surface area contributed by atoms with Crippen LogP contribution >= 0.6 is 0 Å². The van der Waals surface area contributed by atoms with Gasteiger partial charge in [0.15, 0.2) is 0 Å². The highest BCUT2D eigenvalue weighted by molar-refractivity contribution is 6.23. The third-order valence-corrected chi connectivity index (χ3v) is 0.867. The minimum absolute atomic E-state index is 1.02. The van der Waals surface area contributed by atoms with Gasteiger partial charge in [0.1, 0.15) is 7.85 Å². The minimum Gasteiger partial charge on any atom is -0.0856 e. The zero-order chi connectivity index (χ0) is 4.41. The Balaban J connectivity index is 2.68. The van der Waals surface area contributed by atoms with Crippen molar-refractivity contribution in [3.63, 3.8) is 0 Å². The minimum atomic E-state index is 1.02. The van der Waals surface area contributed by atoms with E-state index in [0.717, 1.165) is 6.42 Å². The molecule has 1 radical (unpaired) electrons. The van der Waals surface area contributed by atoms with Crippen LogP contribution in [0.15, 0.2) is 17.6 Å². The molecule has 0 N–H and O–H groups in total. The molecule has 1 aliphatic rings. The first-order valence-corrected chi connectivity index (χ1v) is 2.13. The van der Waals surface area contributed by atoms with Crippen LogP contribution in [0.5, 0.6) is 0 Å². The number of rotatable bonds is 0. The van der Waals surface area contributed by atoms with Crippen LogP contribution in [0.4, 0.5) is 0 Å². The molecular weight excluding hydrogens is 70.9 g/mol. The Labute approximate surface area is 39.0 Å². The van der Waals surface area contributed by atoms with Crippen molar-refractivity contribution in [1.29, 1.82) is 0 Å². The normalized spacial score (nSPS) is 18.3. The van der Waals surface area contributed by atoms with Gasteiger partial charge in [-0.2, -0.15) is 0 Å². The van der Waals surface area contributed by atoms with Crippen molar-refractivity contribution in [2.24, 2.45) is 0 Å². The Bertz CT molecular complexity index is 97.8. The van der Waals surface area contributed by atoms with Crippen molar-refractivity contribution >= 4 is 7.85 Å². The summed E-state index contributed by atoms with van der Waals surface area (Å²) in [5.41, 5.74) is 1.27. The Kier molecular flexibility index (Phi) is 0.828. The molecule has 29 valence electrons. The van der Waals surface area contributed by atoms with Crippen LogP contribution in [-0.4, -0.2) is 7.85 Å². The molecule has 0 saturated carbocycles. The lowest BCUT2D eigenvalue weighted by molar-refractivity contribution is 1.39. The third kappa shape index (κ3) is 0.536. The monoisotopic (exact) mass is 77.1 g/mol. The molecule has 0 fully saturated rings. The van der Waals surface area contributed by atoms with Crippen LogP contribution in [0.2, 0.25) is 0 Å². The van der Waals surface area contributed by atoms with E-state index in [2.05, 4.69) is 26.1 Å².